The van der Waals surface area contributed by atoms with Gasteiger partial charge in [0.1, 0.15) is 11.6 Å². The second kappa shape index (κ2) is 7.89. The Kier molecular flexibility index (Phi) is 6.85. The van der Waals surface area contributed by atoms with Crippen LogP contribution < -0.4 is 5.32 Å². The van der Waals surface area contributed by atoms with Crippen molar-refractivity contribution in [3.05, 3.63) is 15.1 Å². The van der Waals surface area contributed by atoms with Gasteiger partial charge < -0.3 is 10.1 Å². The average Bonchev–Trinajstić information content (AvgIpc) is 2.38. The van der Waals surface area contributed by atoms with Gasteiger partial charge in [-0.3, -0.25) is 0 Å². The van der Waals surface area contributed by atoms with Crippen LogP contribution >= 0.6 is 22.6 Å². The Balaban J connectivity index is 2.97. The summed E-state index contributed by atoms with van der Waals surface area (Å²) in [6.07, 6.45) is 2.91. The van der Waals surface area contributed by atoms with E-state index in [1.807, 2.05) is 6.92 Å². The number of ether oxygens (including phenoxy) is 1. The minimum Gasteiger partial charge on any atom is -0.381 e. The van der Waals surface area contributed by atoms with Gasteiger partial charge in [0.05, 0.1) is 15.4 Å². The lowest BCUT2D eigenvalue weighted by Gasteiger charge is -2.14. The van der Waals surface area contributed by atoms with Gasteiger partial charge in [-0.05, 0) is 42.4 Å². The molecule has 0 aliphatic heterocycles. The zero-order valence-electron chi connectivity index (χ0n) is 11.6. The zero-order chi connectivity index (χ0) is 13.5. The van der Waals surface area contributed by atoms with Crippen LogP contribution in [0.4, 0.5) is 5.82 Å². The van der Waals surface area contributed by atoms with Gasteiger partial charge in [-0.2, -0.15) is 0 Å². The second-order valence-electron chi connectivity index (χ2n) is 4.28. The van der Waals surface area contributed by atoms with Crippen molar-refractivity contribution in [1.82, 2.24) is 9.97 Å². The summed E-state index contributed by atoms with van der Waals surface area (Å²) in [6, 6.07) is 0. The van der Waals surface area contributed by atoms with Crippen LogP contribution in [0.5, 0.6) is 0 Å². The lowest BCUT2D eigenvalue weighted by Crippen LogP contribution is -2.15. The number of aromatic nitrogens is 2. The summed E-state index contributed by atoms with van der Waals surface area (Å²) in [5.74, 6) is 1.82. The molecule has 1 heterocycles. The first kappa shape index (κ1) is 15.6. The van der Waals surface area contributed by atoms with E-state index in [-0.39, 0.29) is 6.10 Å². The van der Waals surface area contributed by atoms with Gasteiger partial charge in [-0.25, -0.2) is 9.97 Å². The lowest BCUT2D eigenvalue weighted by molar-refractivity contribution is 0.117. The Morgan fingerprint density at radius 1 is 1.33 bits per heavy atom. The molecule has 0 bridgehead atoms. The third-order valence-electron chi connectivity index (χ3n) is 2.72. The summed E-state index contributed by atoms with van der Waals surface area (Å²) in [4.78, 5) is 9.21. The van der Waals surface area contributed by atoms with Gasteiger partial charge in [0.2, 0.25) is 0 Å². The monoisotopic (exact) mass is 363 g/mol. The van der Waals surface area contributed by atoms with Crippen molar-refractivity contribution < 1.29 is 4.74 Å². The molecule has 0 saturated carbocycles. The maximum Gasteiger partial charge on any atom is 0.143 e. The highest BCUT2D eigenvalue weighted by molar-refractivity contribution is 14.1. The number of nitrogens with one attached hydrogen (secondary N) is 1. The summed E-state index contributed by atoms with van der Waals surface area (Å²) >= 11 is 2.32. The van der Waals surface area contributed by atoms with E-state index in [4.69, 9.17) is 4.74 Å². The van der Waals surface area contributed by atoms with Crippen molar-refractivity contribution in [2.45, 2.75) is 46.1 Å². The largest absolute Gasteiger partial charge is 0.381 e. The van der Waals surface area contributed by atoms with Gasteiger partial charge in [0.15, 0.2) is 0 Å². The van der Waals surface area contributed by atoms with Crippen LogP contribution in [0, 0.1) is 3.57 Å². The Bertz CT molecular complexity index is 385. The molecular weight excluding hydrogens is 341 g/mol. The normalized spacial score (nSPS) is 12.5. The summed E-state index contributed by atoms with van der Waals surface area (Å²) in [5.41, 5.74) is 1.11. The van der Waals surface area contributed by atoms with E-state index >= 15 is 0 Å². The number of nitrogens with zero attached hydrogens (tertiary/aromatic N) is 2. The zero-order valence-corrected chi connectivity index (χ0v) is 13.7. The number of anilines is 1. The van der Waals surface area contributed by atoms with Crippen LogP contribution in [-0.4, -0.2) is 29.7 Å². The molecule has 0 fully saturated rings. The third kappa shape index (κ3) is 4.35. The van der Waals surface area contributed by atoms with E-state index in [0.29, 0.717) is 0 Å². The molecule has 1 rings (SSSR count). The number of aryl methyl sites for hydroxylation is 1. The van der Waals surface area contributed by atoms with Crippen molar-refractivity contribution in [2.75, 3.05) is 19.0 Å². The van der Waals surface area contributed by atoms with E-state index in [9.17, 15) is 0 Å². The van der Waals surface area contributed by atoms with Crippen molar-refractivity contribution >= 4 is 28.4 Å². The van der Waals surface area contributed by atoms with E-state index in [1.165, 1.54) is 0 Å². The van der Waals surface area contributed by atoms with E-state index in [0.717, 1.165) is 46.7 Å². The predicted molar refractivity (Wildman–Crippen MR) is 83.1 cm³/mol. The van der Waals surface area contributed by atoms with E-state index in [1.54, 1.807) is 7.11 Å². The quantitative estimate of drug-likeness (QED) is 0.757. The van der Waals surface area contributed by atoms with Crippen molar-refractivity contribution in [3.63, 3.8) is 0 Å². The van der Waals surface area contributed by atoms with Gasteiger partial charge >= 0.3 is 0 Å². The molecule has 0 amide bonds. The Labute approximate surface area is 123 Å². The van der Waals surface area contributed by atoms with Crippen LogP contribution in [0.2, 0.25) is 0 Å². The molecular formula is C13H22IN3O. The average molecular weight is 363 g/mol. The third-order valence-corrected chi connectivity index (χ3v) is 3.85. The highest BCUT2D eigenvalue weighted by Crippen LogP contribution is 2.20. The standard InChI is InChI=1S/C13H22IN3O/c1-5-7-15-13-12(14)10(6-2)16-11(17-13)8-9(3)18-4/h9H,5-8H2,1-4H3,(H,15,16,17). The number of rotatable bonds is 7. The molecule has 1 unspecified atom stereocenters. The molecule has 4 nitrogen and oxygen atoms in total. The SMILES string of the molecule is CCCNc1nc(CC(C)OC)nc(CC)c1I. The minimum absolute atomic E-state index is 0.147. The highest BCUT2D eigenvalue weighted by atomic mass is 127. The molecule has 5 heteroatoms. The van der Waals surface area contributed by atoms with Gasteiger partial charge in [-0.15, -0.1) is 0 Å². The number of halogens is 1. The fourth-order valence-electron chi connectivity index (χ4n) is 1.57. The Morgan fingerprint density at radius 2 is 2.06 bits per heavy atom. The predicted octanol–water partition coefficient (Wildman–Crippen LogP) is 3.04. The first-order valence-corrected chi connectivity index (χ1v) is 7.52. The molecule has 1 atom stereocenters. The minimum atomic E-state index is 0.147. The highest BCUT2D eigenvalue weighted by Gasteiger charge is 2.12. The first-order chi connectivity index (χ1) is 8.62. The van der Waals surface area contributed by atoms with Crippen molar-refractivity contribution in [3.8, 4) is 0 Å². The number of hydrogen-bond acceptors (Lipinski definition) is 4. The van der Waals surface area contributed by atoms with Crippen LogP contribution in [0.3, 0.4) is 0 Å². The first-order valence-electron chi connectivity index (χ1n) is 6.44. The Hall–Kier alpha value is -0.430. The molecule has 0 aromatic carbocycles. The van der Waals surface area contributed by atoms with E-state index in [2.05, 4.69) is 51.7 Å². The molecule has 102 valence electrons. The second-order valence-corrected chi connectivity index (χ2v) is 5.36. The number of hydrogen-bond donors (Lipinski definition) is 1. The van der Waals surface area contributed by atoms with E-state index < -0.39 is 0 Å². The lowest BCUT2D eigenvalue weighted by atomic mass is 10.2. The fraction of sp³-hybridized carbons (Fsp3) is 0.692. The Morgan fingerprint density at radius 3 is 2.61 bits per heavy atom. The van der Waals surface area contributed by atoms with Crippen LogP contribution in [0.25, 0.3) is 0 Å². The molecule has 0 spiro atoms. The maximum absolute atomic E-state index is 5.28. The molecule has 1 N–H and O–H groups in total. The summed E-state index contributed by atoms with van der Waals surface area (Å²) in [5, 5.41) is 3.37. The smallest absolute Gasteiger partial charge is 0.143 e. The van der Waals surface area contributed by atoms with Crippen molar-refractivity contribution in [1.29, 1.82) is 0 Å². The molecule has 18 heavy (non-hydrogen) atoms. The van der Waals surface area contributed by atoms with Crippen LogP contribution in [0.15, 0.2) is 0 Å². The molecule has 0 radical (unpaired) electrons. The maximum atomic E-state index is 5.28. The van der Waals surface area contributed by atoms with Crippen molar-refractivity contribution in [2.24, 2.45) is 0 Å². The number of methoxy groups -OCH3 is 1. The van der Waals surface area contributed by atoms with Crippen LogP contribution in [0.1, 0.15) is 38.7 Å². The molecule has 1 aromatic rings. The summed E-state index contributed by atoms with van der Waals surface area (Å²) < 4.78 is 6.41. The van der Waals surface area contributed by atoms with Gasteiger partial charge in [-0.1, -0.05) is 13.8 Å². The van der Waals surface area contributed by atoms with Gasteiger partial charge in [0, 0.05) is 20.1 Å². The molecule has 0 saturated heterocycles. The fourth-order valence-corrected chi connectivity index (χ4v) is 2.38. The molecule has 0 aliphatic carbocycles. The molecule has 0 aliphatic rings. The summed E-state index contributed by atoms with van der Waals surface area (Å²) in [7, 11) is 1.72. The van der Waals surface area contributed by atoms with Gasteiger partial charge in [0.25, 0.3) is 0 Å². The topological polar surface area (TPSA) is 47.0 Å². The van der Waals surface area contributed by atoms with Crippen LogP contribution in [-0.2, 0) is 17.6 Å². The summed E-state index contributed by atoms with van der Waals surface area (Å²) in [6.45, 7) is 7.24. The molecule has 1 aromatic heterocycles.